The second-order valence-electron chi connectivity index (χ2n) is 33.3. The zero-order valence-electron chi connectivity index (χ0n) is 78.4. The number of aryl methyl sites for hydroxylation is 12. The first-order chi connectivity index (χ1) is 63.5. The summed E-state index contributed by atoms with van der Waals surface area (Å²) in [6.07, 6.45) is 3.79. The van der Waals surface area contributed by atoms with Crippen LogP contribution in [0.2, 0.25) is 0 Å². The van der Waals surface area contributed by atoms with Crippen molar-refractivity contribution >= 4 is 122 Å². The van der Waals surface area contributed by atoms with E-state index in [9.17, 15) is 42.8 Å². The maximum atomic E-state index is 14.8. The third-order valence-corrected chi connectivity index (χ3v) is 40.5. The molecule has 3 aliphatic heterocycles. The lowest BCUT2D eigenvalue weighted by Crippen LogP contribution is -2.25. The van der Waals surface area contributed by atoms with Gasteiger partial charge in [-0.15, -0.1) is 0 Å². The van der Waals surface area contributed by atoms with E-state index < -0.39 is 101 Å². The minimum atomic E-state index is -3.17. The fourth-order valence-electron chi connectivity index (χ4n) is 14.0. The molecule has 0 saturated heterocycles. The molecule has 4 unspecified atom stereocenters. The molecule has 0 N–H and O–H groups in total. The van der Waals surface area contributed by atoms with Crippen LogP contribution in [0.3, 0.4) is 0 Å². The maximum Gasteiger partial charge on any atom is 0.150 e. The maximum absolute atomic E-state index is 14.8. The molecule has 0 aliphatic carbocycles. The monoisotopic (exact) mass is 1950 g/mol. The standard InChI is InChI=1S/C27H26O2P2.2C16H18OS.C14H12OS.2C14H14OS.C6H8O2S2.C6H8OS/c1-22-13-17-26(18-14-22)30(28,24-9-5-3-6-10-24)21-31(29,25-11-7-4-8-12-25)27-19-15-23(2)16-20-27;1-13-3-7-15(8-4-13)11-18(17)12-16-9-5-14(2)6-10-16;1-13-5-3-7-15(9-13)11-18(17)12-16-8-4-6-14(2)10-16;1-9-3-5-11-12-6-4-10(2)8-14(12)16(15)13(11)7-9;1-11-3-7-13(8-4-11)16(15)14-9-5-12(2)6-10-14;1-11-5-3-7-13(9-11)16(15)14-8-4-6-12(2)10-14;1-5-3-10(8)6(2)4-9(5)7;1-5-3-4-6(2)8(5)7/h3-20H,21H2,1-2H3;2*3-10H,11-12H2,1-2H3;3-8H,1-2H3;2*3-10H,1-2H3;3-4H,1-2H3;3-4H,1-2H3. The molecule has 20 heteroatoms. The van der Waals surface area contributed by atoms with Gasteiger partial charge in [-0.1, -0.05) is 324 Å². The summed E-state index contributed by atoms with van der Waals surface area (Å²) in [5.74, 6) is 2.62. The fourth-order valence-corrected chi connectivity index (χ4v) is 31.5. The lowest BCUT2D eigenvalue weighted by molar-refractivity contribution is 0.582. The Bertz CT molecular complexity index is 6390. The fraction of sp³-hybridized carbons (Fsp3) is 0.186. The average Bonchev–Trinajstić information content (AvgIpc) is 1.46. The van der Waals surface area contributed by atoms with E-state index in [1.165, 1.54) is 44.2 Å². The van der Waals surface area contributed by atoms with E-state index in [2.05, 4.69) is 125 Å². The normalized spacial score (nSPS) is 14.4. The molecular formula is C113H118O10P2S8. The van der Waals surface area contributed by atoms with E-state index in [4.69, 9.17) is 0 Å². The van der Waals surface area contributed by atoms with Gasteiger partial charge in [0, 0.05) is 116 Å². The average molecular weight is 1950 g/mol. The van der Waals surface area contributed by atoms with Gasteiger partial charge < -0.3 is 9.13 Å². The van der Waals surface area contributed by atoms with Gasteiger partial charge in [-0.25, -0.2) is 25.3 Å². The van der Waals surface area contributed by atoms with Crippen molar-refractivity contribution < 1.29 is 42.8 Å². The molecule has 3 heterocycles. The molecule has 17 rings (SSSR count). The Morgan fingerprint density at radius 2 is 0.504 bits per heavy atom. The van der Waals surface area contributed by atoms with Gasteiger partial charge in [0.25, 0.3) is 0 Å². The van der Waals surface area contributed by atoms with Crippen molar-refractivity contribution in [3.05, 3.63) is 471 Å². The summed E-state index contributed by atoms with van der Waals surface area (Å²) < 4.78 is 123. The van der Waals surface area contributed by atoms with Crippen molar-refractivity contribution in [3.63, 3.8) is 0 Å². The van der Waals surface area contributed by atoms with Crippen LogP contribution in [0.15, 0.2) is 412 Å². The Balaban J connectivity index is 0.000000162. The van der Waals surface area contributed by atoms with E-state index in [0.29, 0.717) is 32.8 Å². The smallest absolute Gasteiger partial charge is 0.150 e. The van der Waals surface area contributed by atoms with Gasteiger partial charge in [0.05, 0.1) is 80.5 Å². The third kappa shape index (κ3) is 31.7. The van der Waals surface area contributed by atoms with Crippen molar-refractivity contribution in [2.75, 3.05) is 5.90 Å². The van der Waals surface area contributed by atoms with Crippen molar-refractivity contribution in [2.24, 2.45) is 0 Å². The highest BCUT2D eigenvalue weighted by Crippen LogP contribution is 2.59. The van der Waals surface area contributed by atoms with Crippen LogP contribution in [-0.2, 0) is 119 Å². The SMILES string of the molecule is CC1=CC=C(C)S1=O.CC1=CS(=O)C(C)=CS1=O.Cc1ccc(CS(=O)Cc2ccc(C)cc2)cc1.Cc1ccc(P(=O)(CP(=O)(c2ccccc2)c2ccc(C)cc2)c2ccccc2)cc1.Cc1ccc(S(=O)c2ccc(C)cc2)cc1.Cc1ccc2c(c1)S(=O)c1cc(C)ccc1-2.Cc1cccc(CS(=O)Cc2cccc(C)c2)c1.Cc1cccc(S(=O)c2cccc(C)c2)c1. The van der Waals surface area contributed by atoms with Crippen LogP contribution >= 0.6 is 14.3 Å². The molecule has 14 aromatic rings. The highest BCUT2D eigenvalue weighted by Gasteiger charge is 2.39. The van der Waals surface area contributed by atoms with Gasteiger partial charge in [-0.05, 0) is 239 Å². The lowest BCUT2D eigenvalue weighted by atomic mass is 10.0. The molecule has 0 spiro atoms. The van der Waals surface area contributed by atoms with Crippen LogP contribution in [0.25, 0.3) is 11.1 Å². The second kappa shape index (κ2) is 50.9. The van der Waals surface area contributed by atoms with Crippen LogP contribution in [0, 0.1) is 83.1 Å². The van der Waals surface area contributed by atoms with Crippen LogP contribution in [0.1, 0.15) is 117 Å². The van der Waals surface area contributed by atoms with Crippen LogP contribution < -0.4 is 21.2 Å². The molecule has 3 aliphatic rings. The Hall–Kier alpha value is -10.3. The van der Waals surface area contributed by atoms with E-state index in [1.54, 1.807) is 13.8 Å². The molecule has 688 valence electrons. The quantitative estimate of drug-likeness (QED) is 0.0753. The summed E-state index contributed by atoms with van der Waals surface area (Å²) in [5.41, 5.74) is 20.9. The van der Waals surface area contributed by atoms with Crippen LogP contribution in [0.5, 0.6) is 0 Å². The molecule has 0 aromatic heterocycles. The van der Waals surface area contributed by atoms with Crippen LogP contribution in [-0.4, -0.2) is 39.6 Å². The van der Waals surface area contributed by atoms with Crippen molar-refractivity contribution in [1.29, 1.82) is 0 Å². The molecule has 10 nitrogen and oxygen atoms in total. The number of hydrogen-bond acceptors (Lipinski definition) is 10. The second-order valence-corrected chi connectivity index (χ2v) is 51.5. The van der Waals surface area contributed by atoms with Gasteiger partial charge in [0.2, 0.25) is 0 Å². The molecule has 0 bridgehead atoms. The van der Waals surface area contributed by atoms with E-state index in [1.807, 2.05) is 324 Å². The Labute approximate surface area is 809 Å². The molecular weight excluding hydrogens is 1840 g/mol. The summed E-state index contributed by atoms with van der Waals surface area (Å²) in [4.78, 5) is 8.65. The molecule has 0 radical (unpaired) electrons. The van der Waals surface area contributed by atoms with Crippen molar-refractivity contribution in [2.45, 2.75) is 163 Å². The summed E-state index contributed by atoms with van der Waals surface area (Å²) in [5, 5.41) is 6.03. The molecule has 0 fully saturated rings. The van der Waals surface area contributed by atoms with Crippen molar-refractivity contribution in [1.82, 2.24) is 0 Å². The highest BCUT2D eigenvalue weighted by atomic mass is 32.2. The van der Waals surface area contributed by atoms with Gasteiger partial charge in [0.1, 0.15) is 0 Å². The predicted molar refractivity (Wildman–Crippen MR) is 569 cm³/mol. The minimum absolute atomic E-state index is 0.0835. The lowest BCUT2D eigenvalue weighted by Gasteiger charge is -2.26. The zero-order valence-corrected chi connectivity index (χ0v) is 86.7. The van der Waals surface area contributed by atoms with E-state index in [0.717, 1.165) is 127 Å². The predicted octanol–water partition coefficient (Wildman–Crippen LogP) is 26.3. The van der Waals surface area contributed by atoms with Gasteiger partial charge in [-0.2, -0.15) is 0 Å². The Kier molecular flexibility index (Phi) is 40.1. The molecule has 4 atom stereocenters. The molecule has 133 heavy (non-hydrogen) atoms. The third-order valence-electron chi connectivity index (χ3n) is 21.5. The van der Waals surface area contributed by atoms with Gasteiger partial charge in [-0.3, -0.25) is 8.42 Å². The number of rotatable bonds is 18. The van der Waals surface area contributed by atoms with E-state index >= 15 is 0 Å². The number of fused-ring (bicyclic) bond motifs is 3. The summed E-state index contributed by atoms with van der Waals surface area (Å²) in [7, 11) is -14.0. The summed E-state index contributed by atoms with van der Waals surface area (Å²) in [6, 6.07) is 111. The number of benzene rings is 14. The summed E-state index contributed by atoms with van der Waals surface area (Å²) in [6.45, 7) is 31.6. The molecule has 0 saturated carbocycles. The summed E-state index contributed by atoms with van der Waals surface area (Å²) >= 11 is 0. The first kappa shape index (κ1) is 105. The largest absolute Gasteiger partial charge is 0.313 e. The zero-order chi connectivity index (χ0) is 96.1. The first-order valence-electron chi connectivity index (χ1n) is 43.6. The molecule has 0 amide bonds. The van der Waals surface area contributed by atoms with Crippen molar-refractivity contribution in [3.8, 4) is 11.1 Å². The minimum Gasteiger partial charge on any atom is -0.313 e. The number of allylic oxidation sites excluding steroid dienone is 6. The van der Waals surface area contributed by atoms with Crippen LogP contribution in [0.4, 0.5) is 0 Å². The topological polar surface area (TPSA) is 171 Å². The highest BCUT2D eigenvalue weighted by molar-refractivity contribution is 7.98. The Morgan fingerprint density at radius 1 is 0.233 bits per heavy atom. The van der Waals surface area contributed by atoms with Gasteiger partial charge in [0.15, 0.2) is 14.3 Å². The van der Waals surface area contributed by atoms with Gasteiger partial charge >= 0.3 is 0 Å². The Morgan fingerprint density at radius 3 is 0.812 bits per heavy atom. The number of hydrogen-bond donors (Lipinski definition) is 0. The van der Waals surface area contributed by atoms with E-state index in [-0.39, 0.29) is 5.90 Å². The molecule has 14 aromatic carbocycles. The first-order valence-corrected chi connectivity index (χ1v) is 57.3.